The van der Waals surface area contributed by atoms with Crippen LogP contribution < -0.4 is 14.8 Å². The molecule has 0 aliphatic carbocycles. The Hall–Kier alpha value is -2.60. The summed E-state index contributed by atoms with van der Waals surface area (Å²) >= 11 is 0. The van der Waals surface area contributed by atoms with Gasteiger partial charge in [-0.1, -0.05) is 12.1 Å². The predicted octanol–water partition coefficient (Wildman–Crippen LogP) is 3.01. The van der Waals surface area contributed by atoms with E-state index >= 15 is 0 Å². The first-order valence-electron chi connectivity index (χ1n) is 7.68. The molecule has 1 aliphatic rings. The van der Waals surface area contributed by atoms with Crippen LogP contribution in [0, 0.1) is 5.82 Å². The monoisotopic (exact) mass is 330 g/mol. The van der Waals surface area contributed by atoms with Gasteiger partial charge >= 0.3 is 0 Å². The van der Waals surface area contributed by atoms with E-state index < -0.39 is 0 Å². The second-order valence-corrected chi connectivity index (χ2v) is 5.77. The number of anilines is 1. The highest BCUT2D eigenvalue weighted by Gasteiger charge is 2.20. The largest absolute Gasteiger partial charge is 0.454 e. The van der Waals surface area contributed by atoms with E-state index in [0.717, 1.165) is 5.56 Å². The number of rotatable bonds is 5. The van der Waals surface area contributed by atoms with E-state index in [1.807, 2.05) is 18.9 Å². The molecular weight excluding hydrogens is 311 g/mol. The Labute approximate surface area is 140 Å². The molecular formula is C18H19FN2O3. The maximum atomic E-state index is 13.0. The van der Waals surface area contributed by atoms with E-state index in [0.29, 0.717) is 23.7 Å². The van der Waals surface area contributed by atoms with Gasteiger partial charge in [-0.25, -0.2) is 4.39 Å². The topological polar surface area (TPSA) is 50.8 Å². The van der Waals surface area contributed by atoms with Crippen LogP contribution in [-0.2, 0) is 11.3 Å². The SMILES string of the molecule is CC(C(=O)Nc1ccc2c(c1)OCO2)N(C)Cc1ccc(F)cc1. The lowest BCUT2D eigenvalue weighted by Crippen LogP contribution is -2.39. The lowest BCUT2D eigenvalue weighted by Gasteiger charge is -2.24. The van der Waals surface area contributed by atoms with Gasteiger partial charge in [0.1, 0.15) is 5.82 Å². The van der Waals surface area contributed by atoms with Gasteiger partial charge in [-0.05, 0) is 43.8 Å². The zero-order valence-electron chi connectivity index (χ0n) is 13.6. The summed E-state index contributed by atoms with van der Waals surface area (Å²) in [6.07, 6.45) is 0. The fourth-order valence-electron chi connectivity index (χ4n) is 2.44. The third-order valence-electron chi connectivity index (χ3n) is 4.03. The van der Waals surface area contributed by atoms with Crippen LogP contribution in [0.2, 0.25) is 0 Å². The number of nitrogens with zero attached hydrogens (tertiary/aromatic N) is 1. The second-order valence-electron chi connectivity index (χ2n) is 5.77. The van der Waals surface area contributed by atoms with Crippen molar-refractivity contribution < 1.29 is 18.7 Å². The number of amides is 1. The van der Waals surface area contributed by atoms with E-state index in [9.17, 15) is 9.18 Å². The van der Waals surface area contributed by atoms with Crippen molar-refractivity contribution >= 4 is 11.6 Å². The lowest BCUT2D eigenvalue weighted by molar-refractivity contribution is -0.120. The van der Waals surface area contributed by atoms with E-state index in [-0.39, 0.29) is 24.6 Å². The molecule has 1 unspecified atom stereocenters. The minimum Gasteiger partial charge on any atom is -0.454 e. The molecule has 1 atom stereocenters. The van der Waals surface area contributed by atoms with Crippen LogP contribution in [-0.4, -0.2) is 30.7 Å². The molecule has 0 saturated carbocycles. The van der Waals surface area contributed by atoms with Gasteiger partial charge in [-0.15, -0.1) is 0 Å². The van der Waals surface area contributed by atoms with Gasteiger partial charge in [0.2, 0.25) is 12.7 Å². The van der Waals surface area contributed by atoms with E-state index in [2.05, 4.69) is 5.32 Å². The van der Waals surface area contributed by atoms with Gasteiger partial charge < -0.3 is 14.8 Å². The molecule has 24 heavy (non-hydrogen) atoms. The molecule has 126 valence electrons. The first-order chi connectivity index (χ1) is 11.5. The Morgan fingerprint density at radius 3 is 2.67 bits per heavy atom. The molecule has 0 fully saturated rings. The van der Waals surface area contributed by atoms with Crippen LogP contribution >= 0.6 is 0 Å². The van der Waals surface area contributed by atoms with Crippen LogP contribution in [0.15, 0.2) is 42.5 Å². The molecule has 1 N–H and O–H groups in total. The van der Waals surface area contributed by atoms with Crippen molar-refractivity contribution in [1.29, 1.82) is 0 Å². The Bertz CT molecular complexity index is 734. The quantitative estimate of drug-likeness (QED) is 0.916. The first kappa shape index (κ1) is 16.3. The molecule has 1 amide bonds. The van der Waals surface area contributed by atoms with Crippen LogP contribution in [0.4, 0.5) is 10.1 Å². The Morgan fingerprint density at radius 1 is 1.21 bits per heavy atom. The third-order valence-corrected chi connectivity index (χ3v) is 4.03. The molecule has 0 saturated heterocycles. The van der Waals surface area contributed by atoms with Gasteiger partial charge in [0.15, 0.2) is 11.5 Å². The molecule has 3 rings (SSSR count). The van der Waals surface area contributed by atoms with Crippen molar-refractivity contribution in [1.82, 2.24) is 4.90 Å². The number of hydrogen-bond acceptors (Lipinski definition) is 4. The number of benzene rings is 2. The molecule has 2 aromatic carbocycles. The lowest BCUT2D eigenvalue weighted by atomic mass is 10.2. The predicted molar refractivity (Wildman–Crippen MR) is 88.5 cm³/mol. The zero-order chi connectivity index (χ0) is 17.1. The smallest absolute Gasteiger partial charge is 0.241 e. The van der Waals surface area contributed by atoms with Crippen molar-refractivity contribution in [2.45, 2.75) is 19.5 Å². The van der Waals surface area contributed by atoms with Gasteiger partial charge in [-0.2, -0.15) is 0 Å². The van der Waals surface area contributed by atoms with Crippen LogP contribution in [0.1, 0.15) is 12.5 Å². The molecule has 5 nitrogen and oxygen atoms in total. The summed E-state index contributed by atoms with van der Waals surface area (Å²) < 4.78 is 23.5. The summed E-state index contributed by atoms with van der Waals surface area (Å²) in [7, 11) is 1.85. The van der Waals surface area contributed by atoms with Crippen molar-refractivity contribution in [2.24, 2.45) is 0 Å². The van der Waals surface area contributed by atoms with Crippen molar-refractivity contribution in [3.05, 3.63) is 53.8 Å². The fourth-order valence-corrected chi connectivity index (χ4v) is 2.44. The van der Waals surface area contributed by atoms with Gasteiger partial charge in [0.05, 0.1) is 6.04 Å². The summed E-state index contributed by atoms with van der Waals surface area (Å²) in [4.78, 5) is 14.3. The average molecular weight is 330 g/mol. The molecule has 0 bridgehead atoms. The highest BCUT2D eigenvalue weighted by Crippen LogP contribution is 2.34. The minimum absolute atomic E-state index is 0.126. The normalized spacial score (nSPS) is 13.8. The van der Waals surface area contributed by atoms with Crippen LogP contribution in [0.3, 0.4) is 0 Å². The van der Waals surface area contributed by atoms with Gasteiger partial charge in [-0.3, -0.25) is 9.69 Å². The molecule has 0 radical (unpaired) electrons. The summed E-state index contributed by atoms with van der Waals surface area (Å²) in [5.41, 5.74) is 1.60. The Balaban J connectivity index is 1.60. The van der Waals surface area contributed by atoms with Gasteiger partial charge in [0, 0.05) is 18.3 Å². The number of fused-ring (bicyclic) bond motifs is 1. The number of halogens is 1. The van der Waals surface area contributed by atoms with Crippen molar-refractivity contribution in [2.75, 3.05) is 19.2 Å². The molecule has 0 aromatic heterocycles. The Kier molecular flexibility index (Phi) is 4.66. The fraction of sp³-hybridized carbons (Fsp3) is 0.278. The van der Waals surface area contributed by atoms with Crippen LogP contribution in [0.25, 0.3) is 0 Å². The standard InChI is InChI=1S/C18H19FN2O3/c1-12(21(2)10-13-3-5-14(19)6-4-13)18(22)20-15-7-8-16-17(9-15)24-11-23-16/h3-9,12H,10-11H2,1-2H3,(H,20,22). The molecule has 2 aromatic rings. The highest BCUT2D eigenvalue weighted by atomic mass is 19.1. The number of hydrogen-bond donors (Lipinski definition) is 1. The maximum absolute atomic E-state index is 13.0. The van der Waals surface area contributed by atoms with Crippen molar-refractivity contribution in [3.63, 3.8) is 0 Å². The number of likely N-dealkylation sites (N-methyl/N-ethyl adjacent to an activating group) is 1. The van der Waals surface area contributed by atoms with E-state index in [4.69, 9.17) is 9.47 Å². The zero-order valence-corrected chi connectivity index (χ0v) is 13.6. The second kappa shape index (κ2) is 6.88. The molecule has 1 aliphatic heterocycles. The maximum Gasteiger partial charge on any atom is 0.241 e. The molecule has 6 heteroatoms. The van der Waals surface area contributed by atoms with Crippen LogP contribution in [0.5, 0.6) is 11.5 Å². The van der Waals surface area contributed by atoms with E-state index in [1.165, 1.54) is 12.1 Å². The number of ether oxygens (including phenoxy) is 2. The summed E-state index contributed by atoms with van der Waals surface area (Å²) in [6, 6.07) is 11.2. The van der Waals surface area contributed by atoms with Crippen molar-refractivity contribution in [3.8, 4) is 11.5 Å². The van der Waals surface area contributed by atoms with E-state index in [1.54, 1.807) is 30.3 Å². The number of carbonyl (C=O) groups is 1. The summed E-state index contributed by atoms with van der Waals surface area (Å²) in [5.74, 6) is 0.906. The first-order valence-corrected chi connectivity index (χ1v) is 7.68. The number of carbonyl (C=O) groups excluding carboxylic acids is 1. The highest BCUT2D eigenvalue weighted by molar-refractivity contribution is 5.94. The summed E-state index contributed by atoms with van der Waals surface area (Å²) in [6.45, 7) is 2.57. The average Bonchev–Trinajstić information content (AvgIpc) is 3.03. The molecule has 1 heterocycles. The van der Waals surface area contributed by atoms with Gasteiger partial charge in [0.25, 0.3) is 0 Å². The minimum atomic E-state index is -0.347. The molecule has 0 spiro atoms. The Morgan fingerprint density at radius 2 is 1.92 bits per heavy atom. The number of nitrogens with one attached hydrogen (secondary N) is 1. The summed E-state index contributed by atoms with van der Waals surface area (Å²) in [5, 5.41) is 2.87. The third kappa shape index (κ3) is 3.65.